The molecule has 1 aliphatic heterocycles. The highest BCUT2D eigenvalue weighted by Gasteiger charge is 2.23. The monoisotopic (exact) mass is 380 g/mol. The van der Waals surface area contributed by atoms with Gasteiger partial charge in [-0.15, -0.1) is 0 Å². The number of carbonyl (C=O) groups excluding carboxylic acids is 1. The predicted molar refractivity (Wildman–Crippen MR) is 106 cm³/mol. The minimum Gasteiger partial charge on any atom is -0.445 e. The number of amides is 1. The molecule has 1 saturated heterocycles. The van der Waals surface area contributed by atoms with Gasteiger partial charge < -0.3 is 30.5 Å². The van der Waals surface area contributed by atoms with Crippen LogP contribution in [-0.4, -0.2) is 55.4 Å². The number of hydrogen-bond acceptors (Lipinski definition) is 8. The van der Waals surface area contributed by atoms with Crippen molar-refractivity contribution in [3.63, 3.8) is 0 Å². The summed E-state index contributed by atoms with van der Waals surface area (Å²) in [6.07, 6.45) is 1.27. The molecule has 1 aliphatic rings. The van der Waals surface area contributed by atoms with Gasteiger partial charge in [-0.2, -0.15) is 0 Å². The minimum atomic E-state index is -0.662. The van der Waals surface area contributed by atoms with Gasteiger partial charge in [0.25, 0.3) is 5.91 Å². The van der Waals surface area contributed by atoms with Crippen molar-refractivity contribution in [3.05, 3.63) is 35.6 Å². The number of nitrogens with one attached hydrogen (secondary N) is 2. The SMILES string of the molecule is CNc1cccc(-c2nc(N3CCOCC3)c3oc(C(N)=O)cc3n2)c1C=N. The molecule has 0 spiro atoms. The molecule has 9 nitrogen and oxygen atoms in total. The molecule has 0 saturated carbocycles. The van der Waals surface area contributed by atoms with E-state index >= 15 is 0 Å². The van der Waals surface area contributed by atoms with Gasteiger partial charge in [0.05, 0.1) is 13.2 Å². The molecule has 1 fully saturated rings. The Morgan fingerprint density at radius 2 is 2.11 bits per heavy atom. The van der Waals surface area contributed by atoms with E-state index in [-0.39, 0.29) is 5.76 Å². The second-order valence-electron chi connectivity index (χ2n) is 6.32. The Kier molecular flexibility index (Phi) is 4.66. The van der Waals surface area contributed by atoms with Gasteiger partial charge in [-0.1, -0.05) is 12.1 Å². The number of nitrogens with zero attached hydrogens (tertiary/aromatic N) is 3. The normalized spacial score (nSPS) is 14.2. The lowest BCUT2D eigenvalue weighted by Gasteiger charge is -2.28. The van der Waals surface area contributed by atoms with E-state index in [2.05, 4.69) is 10.3 Å². The van der Waals surface area contributed by atoms with Crippen molar-refractivity contribution in [1.82, 2.24) is 9.97 Å². The van der Waals surface area contributed by atoms with Gasteiger partial charge >= 0.3 is 0 Å². The topological polar surface area (TPSA) is 130 Å². The standard InChI is InChI=1S/C19H20N6O3/c1-22-13-4-2-3-11(12(13)10-20)18-23-14-9-15(17(21)26)28-16(14)19(24-18)25-5-7-27-8-6-25/h2-4,9-10,20,22H,5-8H2,1H3,(H2,21,26). The second kappa shape index (κ2) is 7.28. The van der Waals surface area contributed by atoms with Gasteiger partial charge in [0.1, 0.15) is 5.52 Å². The fraction of sp³-hybridized carbons (Fsp3) is 0.263. The zero-order valence-electron chi connectivity index (χ0n) is 15.4. The molecule has 3 aromatic rings. The molecule has 1 amide bonds. The molecule has 0 atom stereocenters. The molecule has 2 aromatic heterocycles. The number of fused-ring (bicyclic) bond motifs is 1. The van der Waals surface area contributed by atoms with Crippen LogP contribution in [0.5, 0.6) is 0 Å². The van der Waals surface area contributed by atoms with E-state index < -0.39 is 5.91 Å². The van der Waals surface area contributed by atoms with Gasteiger partial charge in [0.2, 0.25) is 0 Å². The molecule has 1 aromatic carbocycles. The number of ether oxygens (including phenoxy) is 1. The Bertz CT molecular complexity index is 1060. The van der Waals surface area contributed by atoms with Gasteiger partial charge in [-0.05, 0) is 6.07 Å². The average Bonchev–Trinajstić information content (AvgIpc) is 3.17. The summed E-state index contributed by atoms with van der Waals surface area (Å²) in [4.78, 5) is 23.0. The molecular weight excluding hydrogens is 360 g/mol. The van der Waals surface area contributed by atoms with Crippen molar-refractivity contribution in [1.29, 1.82) is 5.41 Å². The molecule has 0 unspecified atom stereocenters. The van der Waals surface area contributed by atoms with E-state index in [0.29, 0.717) is 60.2 Å². The highest BCUT2D eigenvalue weighted by molar-refractivity contribution is 5.98. The van der Waals surface area contributed by atoms with Gasteiger partial charge in [0.15, 0.2) is 23.0 Å². The van der Waals surface area contributed by atoms with Crippen LogP contribution in [0.15, 0.2) is 28.7 Å². The molecule has 0 bridgehead atoms. The summed E-state index contributed by atoms with van der Waals surface area (Å²) in [5.74, 6) is 0.403. The van der Waals surface area contributed by atoms with E-state index in [1.165, 1.54) is 12.3 Å². The number of hydrogen-bond donors (Lipinski definition) is 3. The Morgan fingerprint density at radius 1 is 1.32 bits per heavy atom. The number of benzene rings is 1. The van der Waals surface area contributed by atoms with E-state index in [4.69, 9.17) is 25.3 Å². The number of aromatic nitrogens is 2. The van der Waals surface area contributed by atoms with Crippen LogP contribution in [0.4, 0.5) is 11.5 Å². The zero-order chi connectivity index (χ0) is 19.7. The number of anilines is 2. The van der Waals surface area contributed by atoms with Crippen molar-refractivity contribution >= 4 is 34.7 Å². The first-order valence-corrected chi connectivity index (χ1v) is 8.88. The highest BCUT2D eigenvalue weighted by atomic mass is 16.5. The molecule has 144 valence electrons. The van der Waals surface area contributed by atoms with Gasteiger partial charge in [-0.3, -0.25) is 4.79 Å². The third kappa shape index (κ3) is 3.05. The Hall–Kier alpha value is -3.46. The van der Waals surface area contributed by atoms with Crippen LogP contribution in [0.3, 0.4) is 0 Å². The quantitative estimate of drug-likeness (QED) is 0.576. The summed E-state index contributed by atoms with van der Waals surface area (Å²) in [6.45, 7) is 2.44. The first kappa shape index (κ1) is 17.9. The van der Waals surface area contributed by atoms with Crippen LogP contribution < -0.4 is 16.0 Å². The average molecular weight is 380 g/mol. The largest absolute Gasteiger partial charge is 0.445 e. The Labute approximate surface area is 161 Å². The van der Waals surface area contributed by atoms with E-state index in [1.807, 2.05) is 23.1 Å². The smallest absolute Gasteiger partial charge is 0.284 e. The summed E-state index contributed by atoms with van der Waals surface area (Å²) >= 11 is 0. The van der Waals surface area contributed by atoms with Crippen LogP contribution in [0.25, 0.3) is 22.5 Å². The maximum atomic E-state index is 11.6. The van der Waals surface area contributed by atoms with Crippen molar-refractivity contribution < 1.29 is 13.9 Å². The van der Waals surface area contributed by atoms with Crippen LogP contribution in [0.2, 0.25) is 0 Å². The third-order valence-corrected chi connectivity index (χ3v) is 4.67. The molecule has 3 heterocycles. The number of rotatable bonds is 5. The molecule has 28 heavy (non-hydrogen) atoms. The fourth-order valence-electron chi connectivity index (χ4n) is 3.28. The van der Waals surface area contributed by atoms with Crippen LogP contribution in [0, 0.1) is 5.41 Å². The van der Waals surface area contributed by atoms with E-state index in [9.17, 15) is 4.79 Å². The number of carbonyl (C=O) groups is 1. The van der Waals surface area contributed by atoms with Crippen molar-refractivity contribution in [2.24, 2.45) is 5.73 Å². The molecule has 4 rings (SSSR count). The van der Waals surface area contributed by atoms with Crippen LogP contribution in [0.1, 0.15) is 16.1 Å². The number of nitrogens with two attached hydrogens (primary N) is 1. The number of morpholine rings is 1. The summed E-state index contributed by atoms with van der Waals surface area (Å²) in [6, 6.07) is 7.15. The maximum absolute atomic E-state index is 11.6. The lowest BCUT2D eigenvalue weighted by Crippen LogP contribution is -2.37. The molecule has 4 N–H and O–H groups in total. The molecule has 9 heteroatoms. The lowest BCUT2D eigenvalue weighted by atomic mass is 10.1. The van der Waals surface area contributed by atoms with Crippen molar-refractivity contribution in [2.75, 3.05) is 43.6 Å². The number of furan rings is 1. The number of primary amides is 1. The zero-order valence-corrected chi connectivity index (χ0v) is 15.4. The second-order valence-corrected chi connectivity index (χ2v) is 6.32. The molecular formula is C19H20N6O3. The predicted octanol–water partition coefficient (Wildman–Crippen LogP) is 1.86. The van der Waals surface area contributed by atoms with E-state index in [1.54, 1.807) is 7.05 Å². The van der Waals surface area contributed by atoms with Gasteiger partial charge in [-0.25, -0.2) is 9.97 Å². The summed E-state index contributed by atoms with van der Waals surface area (Å²) in [5, 5.41) is 10.9. The first-order valence-electron chi connectivity index (χ1n) is 8.88. The Morgan fingerprint density at radius 3 is 2.79 bits per heavy atom. The van der Waals surface area contributed by atoms with Crippen molar-refractivity contribution in [2.45, 2.75) is 0 Å². The minimum absolute atomic E-state index is 0.0345. The molecule has 0 aliphatic carbocycles. The van der Waals surface area contributed by atoms with Gasteiger partial charge in [0, 0.05) is 49.2 Å². The highest BCUT2D eigenvalue weighted by Crippen LogP contribution is 2.32. The fourth-order valence-corrected chi connectivity index (χ4v) is 3.28. The van der Waals surface area contributed by atoms with E-state index in [0.717, 1.165) is 5.69 Å². The maximum Gasteiger partial charge on any atom is 0.284 e. The summed E-state index contributed by atoms with van der Waals surface area (Å²) in [5.41, 5.74) is 8.48. The summed E-state index contributed by atoms with van der Waals surface area (Å²) < 4.78 is 11.1. The first-order chi connectivity index (χ1) is 13.6. The molecule has 0 radical (unpaired) electrons. The van der Waals surface area contributed by atoms with Crippen molar-refractivity contribution in [3.8, 4) is 11.4 Å². The van der Waals surface area contributed by atoms with Crippen LogP contribution in [-0.2, 0) is 4.74 Å². The lowest BCUT2D eigenvalue weighted by molar-refractivity contribution is 0.0976. The Balaban J connectivity index is 1.95. The van der Waals surface area contributed by atoms with Crippen LogP contribution >= 0.6 is 0 Å². The summed E-state index contributed by atoms with van der Waals surface area (Å²) in [7, 11) is 1.80. The third-order valence-electron chi connectivity index (χ3n) is 4.67.